The smallest absolute Gasteiger partial charge is 0.306 e. The Morgan fingerprint density at radius 2 is 0.704 bits per heavy atom. The van der Waals surface area contributed by atoms with Crippen LogP contribution in [0.5, 0.6) is 0 Å². The van der Waals surface area contributed by atoms with Crippen molar-refractivity contribution in [3.63, 3.8) is 0 Å². The Morgan fingerprint density at radius 1 is 0.383 bits per heavy atom. The first kappa shape index (κ1) is 77.7. The second-order valence-corrected chi connectivity index (χ2v) is 24.1. The molecule has 0 saturated heterocycles. The van der Waals surface area contributed by atoms with Gasteiger partial charge in [-0.3, -0.25) is 9.59 Å². The van der Waals surface area contributed by atoms with E-state index < -0.39 is 24.3 Å². The summed E-state index contributed by atoms with van der Waals surface area (Å²) in [6.07, 6.45) is 79.9. The molecule has 470 valence electrons. The van der Waals surface area contributed by atoms with Crippen molar-refractivity contribution in [3.05, 3.63) is 72.9 Å². The van der Waals surface area contributed by atoms with Crippen molar-refractivity contribution >= 4 is 17.9 Å². The molecule has 0 aromatic rings. The number of aliphatic carboxylic acids is 1. The van der Waals surface area contributed by atoms with Gasteiger partial charge in [0.15, 0.2) is 12.4 Å². The van der Waals surface area contributed by atoms with Crippen molar-refractivity contribution in [2.45, 2.75) is 322 Å². The van der Waals surface area contributed by atoms with E-state index in [0.29, 0.717) is 23.9 Å². The lowest BCUT2D eigenvalue weighted by atomic mass is 10.0. The van der Waals surface area contributed by atoms with Gasteiger partial charge in [-0.15, -0.1) is 0 Å². The maximum atomic E-state index is 12.9. The first-order valence-corrected chi connectivity index (χ1v) is 34.1. The zero-order valence-corrected chi connectivity index (χ0v) is 53.7. The Kier molecular flexibility index (Phi) is 60.2. The highest BCUT2D eigenvalue weighted by Gasteiger charge is 2.22. The number of quaternary nitrogens is 1. The summed E-state index contributed by atoms with van der Waals surface area (Å²) >= 11 is 0. The van der Waals surface area contributed by atoms with Crippen LogP contribution in [0.3, 0.4) is 0 Å². The molecule has 2 atom stereocenters. The molecule has 0 radical (unpaired) electrons. The van der Waals surface area contributed by atoms with E-state index in [2.05, 4.69) is 86.8 Å². The summed E-state index contributed by atoms with van der Waals surface area (Å²) in [5, 5.41) is 11.8. The fraction of sp³-hybridized carbons (Fsp3) is 0.792. The van der Waals surface area contributed by atoms with Gasteiger partial charge in [-0.05, 0) is 64.2 Å². The second-order valence-electron chi connectivity index (χ2n) is 24.1. The van der Waals surface area contributed by atoms with Gasteiger partial charge in [0.1, 0.15) is 13.2 Å². The minimum absolute atomic E-state index is 0.150. The average Bonchev–Trinajstić information content (AvgIpc) is 3.44. The standard InChI is InChI=1S/C72H129NO8/c1-6-8-10-12-14-16-18-20-22-23-24-25-26-27-28-29-30-31-32-33-34-35-36-37-38-39-40-41-42-43-44-45-46-47-49-51-53-55-57-59-61-63-70(75)81-68(67-80-72(71(76)77)78-65-64-73(3,4)5)66-79-69(74)62-60-58-56-54-52-50-48-21-19-17-15-13-11-9-7-2/h8,10,14,16,20,22,24-25,27-28,30-31,68,72H,6-7,9,11-13,15,17-19,21,23,26,29,32-67H2,1-5H3/b10-8-,16-14-,22-20-,25-24-,28-27-,31-30-. The molecule has 0 aromatic carbocycles. The minimum Gasteiger partial charge on any atom is -0.545 e. The average molecular weight is 1140 g/mol. The Morgan fingerprint density at radius 3 is 1.05 bits per heavy atom. The number of nitrogens with zero attached hydrogens (tertiary/aromatic N) is 1. The van der Waals surface area contributed by atoms with Crippen LogP contribution < -0.4 is 5.11 Å². The first-order valence-electron chi connectivity index (χ1n) is 34.1. The summed E-state index contributed by atoms with van der Waals surface area (Å²) in [5.74, 6) is -2.26. The van der Waals surface area contributed by atoms with E-state index in [1.807, 2.05) is 21.1 Å². The SMILES string of the molecule is CC/C=C\C/C=C\C/C=C\C/C=C\C/C=C\C/C=C\CCCCCCCCCCCCCCCCCCCCCCCCC(=O)OC(COC(=O)CCCCCCCCCCCCCCCCC)COC(OCC[N+](C)(C)C)C(=O)[O-]. The molecule has 0 aliphatic rings. The fourth-order valence-corrected chi connectivity index (χ4v) is 9.78. The van der Waals surface area contributed by atoms with E-state index in [0.717, 1.165) is 70.6 Å². The highest BCUT2D eigenvalue weighted by Crippen LogP contribution is 2.18. The van der Waals surface area contributed by atoms with Crippen molar-refractivity contribution in [3.8, 4) is 0 Å². The van der Waals surface area contributed by atoms with E-state index in [1.54, 1.807) is 0 Å². The van der Waals surface area contributed by atoms with Crippen LogP contribution in [0.25, 0.3) is 0 Å². The summed E-state index contributed by atoms with van der Waals surface area (Å²) in [5.41, 5.74) is 0. The topological polar surface area (TPSA) is 111 Å². The van der Waals surface area contributed by atoms with Crippen LogP contribution in [0, 0.1) is 0 Å². The van der Waals surface area contributed by atoms with Gasteiger partial charge in [0.25, 0.3) is 0 Å². The number of unbranched alkanes of at least 4 members (excludes halogenated alkanes) is 36. The highest BCUT2D eigenvalue weighted by molar-refractivity contribution is 5.70. The van der Waals surface area contributed by atoms with E-state index >= 15 is 0 Å². The van der Waals surface area contributed by atoms with Gasteiger partial charge < -0.3 is 33.3 Å². The number of esters is 2. The Hall–Kier alpha value is -3.27. The third kappa shape index (κ3) is 64.1. The van der Waals surface area contributed by atoms with Gasteiger partial charge in [0.05, 0.1) is 40.3 Å². The van der Waals surface area contributed by atoms with Crippen molar-refractivity contribution in [1.29, 1.82) is 0 Å². The minimum atomic E-state index is -1.62. The van der Waals surface area contributed by atoms with Crippen LogP contribution in [0.1, 0.15) is 309 Å². The molecule has 0 bridgehead atoms. The van der Waals surface area contributed by atoms with Gasteiger partial charge in [-0.1, -0.05) is 305 Å². The molecule has 0 fully saturated rings. The molecule has 0 aliphatic carbocycles. The number of rotatable bonds is 63. The number of carboxylic acids is 1. The maximum absolute atomic E-state index is 12.9. The molecule has 0 saturated carbocycles. The molecule has 0 amide bonds. The molecule has 0 heterocycles. The van der Waals surface area contributed by atoms with Gasteiger partial charge in [0, 0.05) is 12.8 Å². The number of ether oxygens (including phenoxy) is 4. The molecule has 81 heavy (non-hydrogen) atoms. The van der Waals surface area contributed by atoms with Crippen molar-refractivity contribution in [2.75, 3.05) is 47.5 Å². The van der Waals surface area contributed by atoms with E-state index in [-0.39, 0.29) is 32.2 Å². The lowest BCUT2D eigenvalue weighted by molar-refractivity contribution is -0.870. The monoisotopic (exact) mass is 1140 g/mol. The normalized spacial score (nSPS) is 13.1. The number of carbonyl (C=O) groups excluding carboxylic acids is 3. The first-order chi connectivity index (χ1) is 39.6. The summed E-state index contributed by atoms with van der Waals surface area (Å²) in [6.45, 7) is 4.67. The second kappa shape index (κ2) is 62.8. The highest BCUT2D eigenvalue weighted by atomic mass is 16.7. The van der Waals surface area contributed by atoms with Gasteiger partial charge in [-0.25, -0.2) is 0 Å². The van der Waals surface area contributed by atoms with Crippen molar-refractivity contribution in [2.24, 2.45) is 0 Å². The van der Waals surface area contributed by atoms with Crippen LogP contribution in [0.2, 0.25) is 0 Å². The Balaban J connectivity index is 3.95. The van der Waals surface area contributed by atoms with Gasteiger partial charge >= 0.3 is 11.9 Å². The zero-order chi connectivity index (χ0) is 59.1. The van der Waals surface area contributed by atoms with Crippen LogP contribution in [-0.4, -0.2) is 82.3 Å². The molecule has 0 aromatic heterocycles. The largest absolute Gasteiger partial charge is 0.545 e. The van der Waals surface area contributed by atoms with Gasteiger partial charge in [-0.2, -0.15) is 0 Å². The molecule has 0 N–H and O–H groups in total. The van der Waals surface area contributed by atoms with Crippen LogP contribution >= 0.6 is 0 Å². The Labute approximate surface area is 500 Å². The lowest BCUT2D eigenvalue weighted by Gasteiger charge is -2.26. The Bertz CT molecular complexity index is 1560. The number of hydrogen-bond donors (Lipinski definition) is 0. The summed E-state index contributed by atoms with van der Waals surface area (Å²) in [7, 11) is 5.93. The van der Waals surface area contributed by atoms with Crippen molar-refractivity contribution in [1.82, 2.24) is 0 Å². The zero-order valence-electron chi connectivity index (χ0n) is 53.7. The molecule has 0 rings (SSSR count). The van der Waals surface area contributed by atoms with E-state index in [1.165, 1.54) is 205 Å². The summed E-state index contributed by atoms with van der Waals surface area (Å²) in [4.78, 5) is 37.3. The van der Waals surface area contributed by atoms with Crippen molar-refractivity contribution < 1.29 is 42.9 Å². The summed E-state index contributed by atoms with van der Waals surface area (Å²) in [6, 6.07) is 0. The summed E-state index contributed by atoms with van der Waals surface area (Å²) < 4.78 is 22.8. The quantitative estimate of drug-likeness (QED) is 0.0195. The number of likely N-dealkylation sites (N-methyl/N-ethyl adjacent to an activating group) is 1. The molecular weight excluding hydrogens is 1010 g/mol. The van der Waals surface area contributed by atoms with E-state index in [9.17, 15) is 19.5 Å². The van der Waals surface area contributed by atoms with Crippen LogP contribution in [0.15, 0.2) is 72.9 Å². The molecule has 9 heteroatoms. The van der Waals surface area contributed by atoms with Crippen LogP contribution in [-0.2, 0) is 33.3 Å². The van der Waals surface area contributed by atoms with E-state index in [4.69, 9.17) is 18.9 Å². The molecule has 0 spiro atoms. The molecule has 0 aliphatic heterocycles. The number of allylic oxidation sites excluding steroid dienone is 12. The predicted molar refractivity (Wildman–Crippen MR) is 343 cm³/mol. The lowest BCUT2D eigenvalue weighted by Crippen LogP contribution is -2.44. The number of hydrogen-bond acceptors (Lipinski definition) is 8. The molecule has 9 nitrogen and oxygen atoms in total. The molecule has 2 unspecified atom stereocenters. The predicted octanol–water partition coefficient (Wildman–Crippen LogP) is 19.6. The fourth-order valence-electron chi connectivity index (χ4n) is 9.78. The number of carboxylic acid groups (broad SMARTS) is 1. The van der Waals surface area contributed by atoms with Crippen LogP contribution in [0.4, 0.5) is 0 Å². The maximum Gasteiger partial charge on any atom is 0.306 e. The number of carbonyl (C=O) groups is 3. The molecular formula is C72H129NO8. The third-order valence-electron chi connectivity index (χ3n) is 15.0. The third-order valence-corrected chi connectivity index (χ3v) is 15.0. The van der Waals surface area contributed by atoms with Gasteiger partial charge in [0.2, 0.25) is 0 Å².